The zero-order valence-electron chi connectivity index (χ0n) is 32.7. The van der Waals surface area contributed by atoms with Gasteiger partial charge in [0.2, 0.25) is 0 Å². The molecule has 4 aromatic heterocycles. The van der Waals surface area contributed by atoms with E-state index in [0.717, 1.165) is 37.1 Å². The molecule has 0 fully saturated rings. The number of benzene rings is 1. The number of nitrogens with one attached hydrogen (secondary N) is 1. The van der Waals surface area contributed by atoms with Crippen molar-refractivity contribution < 1.29 is 38.2 Å². The number of aromatic nitrogens is 2. The van der Waals surface area contributed by atoms with Gasteiger partial charge in [-0.1, -0.05) is 58.0 Å². The van der Waals surface area contributed by atoms with Gasteiger partial charge in [-0.2, -0.15) is 0 Å². The number of rotatable bonds is 17. The Hall–Kier alpha value is -5.05. The van der Waals surface area contributed by atoms with Crippen LogP contribution in [-0.4, -0.2) is 64.9 Å². The second-order valence-corrected chi connectivity index (χ2v) is 16.3. The molecule has 4 heterocycles. The van der Waals surface area contributed by atoms with Crippen molar-refractivity contribution in [2.24, 2.45) is 17.6 Å². The first kappa shape index (κ1) is 43.7. The smallest absolute Gasteiger partial charge is 0.408 e. The van der Waals surface area contributed by atoms with Crippen molar-refractivity contribution in [3.05, 3.63) is 93.4 Å². The third kappa shape index (κ3) is 13.3. The van der Waals surface area contributed by atoms with Gasteiger partial charge in [0, 0.05) is 25.2 Å². The number of thiophene rings is 2. The monoisotopic (exact) mass is 802 g/mol. The van der Waals surface area contributed by atoms with Gasteiger partial charge < -0.3 is 25.3 Å². The quantitative estimate of drug-likeness (QED) is 0.0527. The molecule has 0 bridgehead atoms. The highest BCUT2D eigenvalue weighted by Gasteiger charge is 2.25. The Kier molecular flexibility index (Phi) is 16.6. The average Bonchev–Trinajstić information content (AvgIpc) is 3.83. The third-order valence-electron chi connectivity index (χ3n) is 8.32. The summed E-state index contributed by atoms with van der Waals surface area (Å²) in [7, 11) is 0. The lowest BCUT2D eigenvalue weighted by atomic mass is 10.1. The molecule has 2 atom stereocenters. The zero-order chi connectivity index (χ0) is 40.8. The Morgan fingerprint density at radius 1 is 0.696 bits per heavy atom. The topological polar surface area (TPSA) is 177 Å². The molecule has 0 aliphatic rings. The fourth-order valence-electron chi connectivity index (χ4n) is 5.19. The van der Waals surface area contributed by atoms with Gasteiger partial charge in [0.25, 0.3) is 0 Å². The van der Waals surface area contributed by atoms with Crippen LogP contribution in [0.2, 0.25) is 0 Å². The molecule has 0 saturated heterocycles. The number of amides is 1. The Bertz CT molecular complexity index is 2110. The minimum atomic E-state index is -0.981. The number of carbonyl (C=O) groups excluding carboxylic acids is 5. The molecule has 0 aliphatic heterocycles. The maximum Gasteiger partial charge on any atom is 0.408 e. The number of carbonyl (C=O) groups is 5. The van der Waals surface area contributed by atoms with Crippen molar-refractivity contribution >= 4 is 72.7 Å². The first-order valence-corrected chi connectivity index (χ1v) is 20.2. The molecule has 0 unspecified atom stereocenters. The normalized spacial score (nSPS) is 12.2. The van der Waals surface area contributed by atoms with Crippen LogP contribution in [0.15, 0.2) is 67.0 Å². The molecule has 0 radical (unpaired) electrons. The number of nitrogens with zero attached hydrogens (tertiary/aromatic N) is 2. The molecule has 56 heavy (non-hydrogen) atoms. The fraction of sp³-hybridized carbons (Fsp3) is 0.405. The predicted octanol–water partition coefficient (Wildman–Crippen LogP) is 8.16. The summed E-state index contributed by atoms with van der Waals surface area (Å²) in [6.45, 7) is 12.4. The predicted molar refractivity (Wildman–Crippen MR) is 219 cm³/mol. The first-order chi connectivity index (χ1) is 26.7. The summed E-state index contributed by atoms with van der Waals surface area (Å²) >= 11 is 2.82. The molecular formula is C42H50N4O8S2. The van der Waals surface area contributed by atoms with E-state index >= 15 is 0 Å². The standard InChI is InChI=1S/C25H28N2O5S.C17H22N2O3S/c1-16(2)14-31-24(29)19(27-25(30)32-15-18-7-5-4-6-8-18)9-10-21(28)22-13-20-23(33-22)17(3)11-12-26-20;1-10(2)9-22-17(21)12(18)4-5-14(20)15-8-13-16(23-15)11(3)6-7-19-13/h4-8,11-13,16,19H,9-10,14-15H2,1-3H3,(H,27,30);6-8,10,12H,4-5,9,18H2,1-3H3/t19-;12-/m11/s1. The lowest BCUT2D eigenvalue weighted by Gasteiger charge is -2.18. The minimum Gasteiger partial charge on any atom is -0.464 e. The van der Waals surface area contributed by atoms with E-state index in [0.29, 0.717) is 16.4 Å². The summed E-state index contributed by atoms with van der Waals surface area (Å²) in [5.41, 5.74) is 10.4. The molecule has 5 rings (SSSR count). The van der Waals surface area contributed by atoms with Crippen molar-refractivity contribution in [1.82, 2.24) is 15.3 Å². The highest BCUT2D eigenvalue weighted by Crippen LogP contribution is 2.29. The second-order valence-electron chi connectivity index (χ2n) is 14.2. The first-order valence-electron chi connectivity index (χ1n) is 18.5. The van der Waals surface area contributed by atoms with Gasteiger partial charge in [-0.05, 0) is 79.5 Å². The summed E-state index contributed by atoms with van der Waals surface area (Å²) in [6.07, 6.45) is 3.41. The van der Waals surface area contributed by atoms with Gasteiger partial charge in [0.1, 0.15) is 18.7 Å². The van der Waals surface area contributed by atoms with Crippen LogP contribution < -0.4 is 11.1 Å². The average molecular weight is 803 g/mol. The van der Waals surface area contributed by atoms with Crippen LogP contribution in [0.1, 0.15) is 89.4 Å². The highest BCUT2D eigenvalue weighted by molar-refractivity contribution is 7.21. The molecule has 0 saturated carbocycles. The second kappa shape index (κ2) is 21.3. The molecule has 14 heteroatoms. The molecule has 1 amide bonds. The van der Waals surface area contributed by atoms with Crippen molar-refractivity contribution in [3.63, 3.8) is 0 Å². The molecule has 298 valence electrons. The molecule has 12 nitrogen and oxygen atoms in total. The number of pyridine rings is 2. The van der Waals surface area contributed by atoms with Crippen LogP contribution in [0.25, 0.3) is 20.4 Å². The van der Waals surface area contributed by atoms with E-state index in [2.05, 4.69) is 15.3 Å². The molecular weight excluding hydrogens is 753 g/mol. The summed E-state index contributed by atoms with van der Waals surface area (Å²) in [6, 6.07) is 14.9. The number of ether oxygens (including phenoxy) is 3. The molecule has 1 aromatic carbocycles. The van der Waals surface area contributed by atoms with E-state index in [9.17, 15) is 24.0 Å². The number of hydrogen-bond donors (Lipinski definition) is 2. The van der Waals surface area contributed by atoms with Crippen LogP contribution in [-0.2, 0) is 30.4 Å². The number of fused-ring (bicyclic) bond motifs is 2. The Labute approximate surface area is 335 Å². The number of esters is 2. The van der Waals surface area contributed by atoms with Crippen LogP contribution >= 0.6 is 22.7 Å². The minimum absolute atomic E-state index is 0.0143. The highest BCUT2D eigenvalue weighted by atomic mass is 32.1. The van der Waals surface area contributed by atoms with Crippen molar-refractivity contribution in [2.45, 2.75) is 85.9 Å². The number of ketones is 2. The largest absolute Gasteiger partial charge is 0.464 e. The van der Waals surface area contributed by atoms with E-state index in [1.54, 1.807) is 24.5 Å². The Morgan fingerprint density at radius 2 is 1.20 bits per heavy atom. The summed E-state index contributed by atoms with van der Waals surface area (Å²) in [5.74, 6) is -0.738. The molecule has 0 aliphatic carbocycles. The van der Waals surface area contributed by atoms with E-state index in [4.69, 9.17) is 19.9 Å². The van der Waals surface area contributed by atoms with Gasteiger partial charge in [-0.25, -0.2) is 9.59 Å². The van der Waals surface area contributed by atoms with Crippen LogP contribution in [0.3, 0.4) is 0 Å². The van der Waals surface area contributed by atoms with Crippen molar-refractivity contribution in [1.29, 1.82) is 0 Å². The number of aryl methyl sites for hydroxylation is 2. The van der Waals surface area contributed by atoms with Crippen molar-refractivity contribution in [3.8, 4) is 0 Å². The number of Topliss-reactive ketones (excluding diaryl/α,β-unsaturated/α-hetero) is 2. The van der Waals surface area contributed by atoms with Gasteiger partial charge in [-0.15, -0.1) is 22.7 Å². The molecule has 3 N–H and O–H groups in total. The SMILES string of the molecule is Cc1ccnc2cc(C(=O)CC[C@@H](N)C(=O)OCC(C)C)sc12.Cc1ccnc2cc(C(=O)CC[C@@H](NC(=O)OCc3ccccc3)C(=O)OCC(C)C)sc12. The van der Waals surface area contributed by atoms with E-state index in [1.807, 2.05) is 84.0 Å². The number of alkyl carbamates (subject to hydrolysis) is 1. The maximum atomic E-state index is 12.8. The molecule has 0 spiro atoms. The number of nitrogens with two attached hydrogens (primary N) is 1. The molecule has 5 aromatic rings. The van der Waals surface area contributed by atoms with Crippen molar-refractivity contribution in [2.75, 3.05) is 13.2 Å². The van der Waals surface area contributed by atoms with E-state index in [-0.39, 0.29) is 62.3 Å². The lowest BCUT2D eigenvalue weighted by molar-refractivity contribution is -0.147. The summed E-state index contributed by atoms with van der Waals surface area (Å²) in [5, 5.41) is 2.56. The third-order valence-corrected chi connectivity index (χ3v) is 10.9. The van der Waals surface area contributed by atoms with Gasteiger partial charge in [-0.3, -0.25) is 24.4 Å². The van der Waals surface area contributed by atoms with Crippen LogP contribution in [0.4, 0.5) is 4.79 Å². The van der Waals surface area contributed by atoms with Crippen LogP contribution in [0.5, 0.6) is 0 Å². The van der Waals surface area contributed by atoms with Gasteiger partial charge in [0.15, 0.2) is 11.6 Å². The Balaban J connectivity index is 0.000000265. The summed E-state index contributed by atoms with van der Waals surface area (Å²) < 4.78 is 17.6. The Morgan fingerprint density at radius 3 is 1.70 bits per heavy atom. The zero-order valence-corrected chi connectivity index (χ0v) is 34.3. The van der Waals surface area contributed by atoms with E-state index in [1.165, 1.54) is 22.7 Å². The lowest BCUT2D eigenvalue weighted by Crippen LogP contribution is -2.42. The maximum absolute atomic E-state index is 12.8. The van der Waals surface area contributed by atoms with Gasteiger partial charge >= 0.3 is 18.0 Å². The van der Waals surface area contributed by atoms with Gasteiger partial charge in [0.05, 0.1) is 43.4 Å². The fourth-order valence-corrected chi connectivity index (χ4v) is 7.30. The summed E-state index contributed by atoms with van der Waals surface area (Å²) in [4.78, 5) is 71.5. The number of hydrogen-bond acceptors (Lipinski definition) is 13. The van der Waals surface area contributed by atoms with Crippen LogP contribution in [0, 0.1) is 25.7 Å². The van der Waals surface area contributed by atoms with E-state index < -0.39 is 30.1 Å².